The molecule has 0 aromatic heterocycles. The third-order valence-corrected chi connectivity index (χ3v) is 4.27. The molecule has 3 aromatic rings. The van der Waals surface area contributed by atoms with Crippen molar-refractivity contribution in [3.05, 3.63) is 77.9 Å². The Labute approximate surface area is 132 Å². The molecular formula is C21H22O. The lowest BCUT2D eigenvalue weighted by Gasteiger charge is -2.11. The van der Waals surface area contributed by atoms with Crippen molar-refractivity contribution in [1.29, 1.82) is 0 Å². The molecule has 1 unspecified atom stereocenters. The van der Waals surface area contributed by atoms with Gasteiger partial charge in [0.1, 0.15) is 12.4 Å². The number of ether oxygens (including phenoxy) is 1. The number of hydrogen-bond acceptors (Lipinski definition) is 1. The molecule has 0 aliphatic heterocycles. The van der Waals surface area contributed by atoms with Crippen LogP contribution in [0.3, 0.4) is 0 Å². The zero-order valence-electron chi connectivity index (χ0n) is 13.3. The van der Waals surface area contributed by atoms with Crippen molar-refractivity contribution in [3.63, 3.8) is 0 Å². The van der Waals surface area contributed by atoms with Crippen LogP contribution in [0.25, 0.3) is 10.8 Å². The van der Waals surface area contributed by atoms with Gasteiger partial charge in [0.2, 0.25) is 0 Å². The zero-order chi connectivity index (χ0) is 15.4. The van der Waals surface area contributed by atoms with E-state index in [4.69, 9.17) is 4.74 Å². The van der Waals surface area contributed by atoms with Crippen LogP contribution in [-0.4, -0.2) is 0 Å². The molecule has 0 aliphatic carbocycles. The van der Waals surface area contributed by atoms with Crippen molar-refractivity contribution in [2.75, 3.05) is 0 Å². The number of rotatable bonds is 5. The fourth-order valence-electron chi connectivity index (χ4n) is 2.62. The maximum atomic E-state index is 5.90. The predicted octanol–water partition coefficient (Wildman–Crippen LogP) is 5.93. The molecule has 0 fully saturated rings. The van der Waals surface area contributed by atoms with Gasteiger partial charge in [-0.1, -0.05) is 68.4 Å². The van der Waals surface area contributed by atoms with E-state index in [1.807, 2.05) is 18.2 Å². The van der Waals surface area contributed by atoms with Crippen LogP contribution in [0.4, 0.5) is 0 Å². The van der Waals surface area contributed by atoms with Gasteiger partial charge in [-0.2, -0.15) is 0 Å². The van der Waals surface area contributed by atoms with E-state index in [0.29, 0.717) is 12.5 Å². The Kier molecular flexibility index (Phi) is 4.43. The third kappa shape index (κ3) is 3.30. The lowest BCUT2D eigenvalue weighted by Crippen LogP contribution is -1.95. The van der Waals surface area contributed by atoms with Gasteiger partial charge in [-0.3, -0.25) is 0 Å². The summed E-state index contributed by atoms with van der Waals surface area (Å²) in [5, 5.41) is 2.52. The lowest BCUT2D eigenvalue weighted by molar-refractivity contribution is 0.306. The first-order valence-electron chi connectivity index (χ1n) is 7.96. The van der Waals surface area contributed by atoms with E-state index in [1.54, 1.807) is 0 Å². The Bertz CT molecular complexity index is 746. The fraction of sp³-hybridized carbons (Fsp3) is 0.238. The van der Waals surface area contributed by atoms with Crippen LogP contribution in [0, 0.1) is 0 Å². The summed E-state index contributed by atoms with van der Waals surface area (Å²) < 4.78 is 5.90. The van der Waals surface area contributed by atoms with E-state index in [1.165, 1.54) is 28.3 Å². The van der Waals surface area contributed by atoms with Crippen LogP contribution in [-0.2, 0) is 6.61 Å². The van der Waals surface area contributed by atoms with Gasteiger partial charge in [0.15, 0.2) is 0 Å². The molecule has 0 radical (unpaired) electrons. The van der Waals surface area contributed by atoms with Crippen molar-refractivity contribution >= 4 is 10.8 Å². The number of fused-ring (bicyclic) bond motifs is 1. The minimum atomic E-state index is 0.608. The van der Waals surface area contributed by atoms with Gasteiger partial charge in [-0.25, -0.2) is 0 Å². The Morgan fingerprint density at radius 1 is 0.864 bits per heavy atom. The highest BCUT2D eigenvalue weighted by atomic mass is 16.5. The molecule has 0 saturated heterocycles. The van der Waals surface area contributed by atoms with Crippen LogP contribution in [0.15, 0.2) is 66.7 Å². The molecule has 22 heavy (non-hydrogen) atoms. The summed E-state index contributed by atoms with van der Waals surface area (Å²) in [6.45, 7) is 5.12. The van der Waals surface area contributed by atoms with E-state index >= 15 is 0 Å². The Balaban J connectivity index is 1.78. The zero-order valence-corrected chi connectivity index (χ0v) is 13.3. The summed E-state index contributed by atoms with van der Waals surface area (Å²) in [5.74, 6) is 1.53. The van der Waals surface area contributed by atoms with Crippen molar-refractivity contribution in [3.8, 4) is 5.75 Å². The number of hydrogen-bond donors (Lipinski definition) is 0. The normalized spacial score (nSPS) is 12.3. The second kappa shape index (κ2) is 6.65. The summed E-state index contributed by atoms with van der Waals surface area (Å²) in [6.07, 6.45) is 1.17. The third-order valence-electron chi connectivity index (χ3n) is 4.27. The van der Waals surface area contributed by atoms with E-state index in [2.05, 4.69) is 62.4 Å². The molecule has 1 nitrogen and oxygen atoms in total. The van der Waals surface area contributed by atoms with Gasteiger partial charge in [-0.05, 0) is 46.4 Å². The van der Waals surface area contributed by atoms with Crippen LogP contribution in [0.2, 0.25) is 0 Å². The highest BCUT2D eigenvalue weighted by Crippen LogP contribution is 2.26. The average Bonchev–Trinajstić information content (AvgIpc) is 2.59. The highest BCUT2D eigenvalue weighted by molar-refractivity contribution is 5.84. The molecule has 0 N–H and O–H groups in total. The second-order valence-electron chi connectivity index (χ2n) is 5.85. The quantitative estimate of drug-likeness (QED) is 0.565. The van der Waals surface area contributed by atoms with Crippen molar-refractivity contribution in [2.24, 2.45) is 0 Å². The Morgan fingerprint density at radius 2 is 1.59 bits per heavy atom. The van der Waals surface area contributed by atoms with E-state index < -0.39 is 0 Å². The summed E-state index contributed by atoms with van der Waals surface area (Å²) >= 11 is 0. The van der Waals surface area contributed by atoms with Crippen LogP contribution >= 0.6 is 0 Å². The van der Waals surface area contributed by atoms with E-state index in [9.17, 15) is 0 Å². The monoisotopic (exact) mass is 290 g/mol. The Hall–Kier alpha value is -2.28. The molecule has 3 aromatic carbocycles. The first kappa shape index (κ1) is 14.6. The summed E-state index contributed by atoms with van der Waals surface area (Å²) in [5.41, 5.74) is 2.60. The predicted molar refractivity (Wildman–Crippen MR) is 93.4 cm³/mol. The summed E-state index contributed by atoms with van der Waals surface area (Å²) in [7, 11) is 0. The molecule has 0 saturated carbocycles. The highest BCUT2D eigenvalue weighted by Gasteiger charge is 2.05. The molecule has 0 amide bonds. The SMILES string of the molecule is CCC(C)c1ccc2cc(OCc3ccccc3)ccc2c1. The molecule has 0 aliphatic rings. The van der Waals surface area contributed by atoms with Crippen molar-refractivity contribution < 1.29 is 4.74 Å². The number of benzene rings is 3. The van der Waals surface area contributed by atoms with Gasteiger partial charge in [0, 0.05) is 0 Å². The first-order chi connectivity index (χ1) is 10.8. The van der Waals surface area contributed by atoms with E-state index in [-0.39, 0.29) is 0 Å². The lowest BCUT2D eigenvalue weighted by atomic mass is 9.96. The van der Waals surface area contributed by atoms with Gasteiger partial charge in [0.25, 0.3) is 0 Å². The molecule has 1 heteroatoms. The Morgan fingerprint density at radius 3 is 2.36 bits per heavy atom. The maximum absolute atomic E-state index is 5.90. The average molecular weight is 290 g/mol. The minimum Gasteiger partial charge on any atom is -0.489 e. The summed E-state index contributed by atoms with van der Waals surface area (Å²) in [4.78, 5) is 0. The van der Waals surface area contributed by atoms with Gasteiger partial charge >= 0.3 is 0 Å². The molecule has 1 atom stereocenters. The molecule has 0 spiro atoms. The molecule has 112 valence electrons. The van der Waals surface area contributed by atoms with E-state index in [0.717, 1.165) is 5.75 Å². The van der Waals surface area contributed by atoms with Gasteiger partial charge < -0.3 is 4.74 Å². The van der Waals surface area contributed by atoms with Crippen molar-refractivity contribution in [1.82, 2.24) is 0 Å². The van der Waals surface area contributed by atoms with Crippen LogP contribution < -0.4 is 4.74 Å². The molecule has 0 bridgehead atoms. The molecular weight excluding hydrogens is 268 g/mol. The second-order valence-corrected chi connectivity index (χ2v) is 5.85. The van der Waals surface area contributed by atoms with Crippen molar-refractivity contribution in [2.45, 2.75) is 32.8 Å². The summed E-state index contributed by atoms with van der Waals surface area (Å²) in [6, 6.07) is 23.3. The largest absolute Gasteiger partial charge is 0.489 e. The van der Waals surface area contributed by atoms with Crippen LogP contribution in [0.5, 0.6) is 5.75 Å². The first-order valence-corrected chi connectivity index (χ1v) is 7.96. The molecule has 0 heterocycles. The minimum absolute atomic E-state index is 0.608. The van der Waals surface area contributed by atoms with Gasteiger partial charge in [-0.15, -0.1) is 0 Å². The topological polar surface area (TPSA) is 9.23 Å². The standard InChI is InChI=1S/C21H22O/c1-3-16(2)18-9-10-20-14-21(12-11-19(20)13-18)22-15-17-7-5-4-6-8-17/h4-14,16H,3,15H2,1-2H3. The fourth-order valence-corrected chi connectivity index (χ4v) is 2.62. The van der Waals surface area contributed by atoms with Crippen LogP contribution in [0.1, 0.15) is 37.3 Å². The maximum Gasteiger partial charge on any atom is 0.120 e. The van der Waals surface area contributed by atoms with Gasteiger partial charge in [0.05, 0.1) is 0 Å². The molecule has 3 rings (SSSR count). The smallest absolute Gasteiger partial charge is 0.120 e.